The molecule has 0 saturated carbocycles. The van der Waals surface area contributed by atoms with Gasteiger partial charge >= 0.3 is 0 Å². The minimum Gasteiger partial charge on any atom is -0.725 e. The molecule has 0 rings (SSSR count). The minimum absolute atomic E-state index is 0. The Bertz CT molecular complexity index is 656. The molecule has 0 aromatic rings. The lowest BCUT2D eigenvalue weighted by Gasteiger charge is -2.17. The van der Waals surface area contributed by atoms with Crippen LogP contribution in [0, 0.1) is 0 Å². The van der Waals surface area contributed by atoms with Gasteiger partial charge in [0.15, 0.2) is 17.7 Å². The van der Waals surface area contributed by atoms with E-state index in [9.17, 15) is 22.6 Å². The largest absolute Gasteiger partial charge is 0.725 e. The molecule has 0 aliphatic rings. The van der Waals surface area contributed by atoms with E-state index in [0.29, 0.717) is 12.8 Å². The van der Waals surface area contributed by atoms with Gasteiger partial charge < -0.3 is 10.7 Å². The van der Waals surface area contributed by atoms with Crippen molar-refractivity contribution in [2.24, 2.45) is 0 Å². The molecule has 41 heavy (non-hydrogen) atoms. The number of unbranched alkanes of at least 4 members (excludes halogenated alkanes) is 24. The van der Waals surface area contributed by atoms with E-state index in [2.05, 4.69) is 18.0 Å². The normalized spacial score (nSPS) is 11.6. The van der Waals surface area contributed by atoms with Crippen LogP contribution in [0.5, 0.6) is 0 Å². The maximum Gasteiger partial charge on any atom is 0.218 e. The number of quaternary nitrogens is 1. The summed E-state index contributed by atoms with van der Waals surface area (Å²) in [6, 6.07) is 0. The van der Waals surface area contributed by atoms with E-state index in [1.807, 2.05) is 0 Å². The molecule has 0 amide bonds. The van der Waals surface area contributed by atoms with Crippen LogP contribution in [0.2, 0.25) is 0 Å². The Morgan fingerprint density at radius 1 is 0.488 bits per heavy atom. The molecule has 0 fully saturated rings. The molecule has 0 radical (unpaired) electrons. The number of rotatable bonds is 32. The molecule has 0 unspecified atom stereocenters. The van der Waals surface area contributed by atoms with E-state index in [0.717, 1.165) is 38.5 Å². The van der Waals surface area contributed by atoms with Gasteiger partial charge in [0.1, 0.15) is 0 Å². The van der Waals surface area contributed by atoms with Crippen LogP contribution in [0.15, 0.2) is 0 Å². The van der Waals surface area contributed by atoms with Gasteiger partial charge in [-0.1, -0.05) is 168 Å². The zero-order chi connectivity index (χ0) is 29.7. The third-order valence-electron chi connectivity index (χ3n) is 7.85. The van der Waals surface area contributed by atoms with Crippen LogP contribution in [-0.2, 0) is 24.2 Å². The molecule has 7 nitrogen and oxygen atoms in total. The highest BCUT2D eigenvalue weighted by molar-refractivity contribution is 7.80. The van der Waals surface area contributed by atoms with Crippen LogP contribution in [-0.4, -0.2) is 30.6 Å². The molecule has 246 valence electrons. The molecule has 0 aromatic carbocycles. The van der Waals surface area contributed by atoms with E-state index in [1.54, 1.807) is 0 Å². The second kappa shape index (κ2) is 30.6. The fourth-order valence-electron chi connectivity index (χ4n) is 5.30. The monoisotopic (exact) mass is 605 g/mol. The number of carbonyl (C=O) groups excluding carboxylic acids is 2. The molecule has 4 N–H and O–H groups in total. The van der Waals surface area contributed by atoms with E-state index in [1.165, 1.54) is 116 Å². The zero-order valence-electron chi connectivity index (χ0n) is 27.2. The average Bonchev–Trinajstić information content (AvgIpc) is 2.91. The van der Waals surface area contributed by atoms with Crippen molar-refractivity contribution in [1.29, 1.82) is 0 Å². The average molecular weight is 606 g/mol. The zero-order valence-corrected chi connectivity index (χ0v) is 28.1. The standard InChI is InChI=1S/C33H64O6S.H3N/c1-3-5-7-9-11-13-15-17-19-21-23-25-27-29-31(34)33(39-40(36,37)38)32(35)30-28-26-24-22-20-18-16-14-12-10-8-6-4-2;/h33H,3-30H2,1-2H3,(H,36,37,38);1H3. The van der Waals surface area contributed by atoms with Crippen LogP contribution in [0.1, 0.15) is 194 Å². The maximum atomic E-state index is 12.5. The molecule has 0 bridgehead atoms. The van der Waals surface area contributed by atoms with Crippen molar-refractivity contribution in [2.75, 3.05) is 0 Å². The quantitative estimate of drug-likeness (QED) is 0.0350. The van der Waals surface area contributed by atoms with E-state index >= 15 is 0 Å². The van der Waals surface area contributed by atoms with Crippen LogP contribution in [0.3, 0.4) is 0 Å². The summed E-state index contributed by atoms with van der Waals surface area (Å²) in [6.07, 6.45) is 29.0. The summed E-state index contributed by atoms with van der Waals surface area (Å²) in [5, 5.41) is 0. The van der Waals surface area contributed by atoms with Gasteiger partial charge in [-0.3, -0.25) is 13.8 Å². The Morgan fingerprint density at radius 2 is 0.707 bits per heavy atom. The lowest BCUT2D eigenvalue weighted by molar-refractivity contribution is -0.137. The lowest BCUT2D eigenvalue weighted by Crippen LogP contribution is -2.35. The second-order valence-electron chi connectivity index (χ2n) is 11.8. The number of Topliss-reactive ketones (excluding diaryl/α,β-unsaturated/α-hetero) is 2. The predicted molar refractivity (Wildman–Crippen MR) is 171 cm³/mol. The smallest absolute Gasteiger partial charge is 0.218 e. The third kappa shape index (κ3) is 30.4. The molecule has 0 aliphatic carbocycles. The topological polar surface area (TPSA) is 137 Å². The molecular formula is C33H67NO6S. The second-order valence-corrected chi connectivity index (χ2v) is 12.8. The molecular weight excluding hydrogens is 538 g/mol. The summed E-state index contributed by atoms with van der Waals surface area (Å²) >= 11 is 0. The Balaban J connectivity index is 0. The first kappa shape index (κ1) is 42.3. The molecule has 0 aliphatic heterocycles. The number of carbonyl (C=O) groups is 2. The number of hydrogen-bond acceptors (Lipinski definition) is 6. The van der Waals surface area contributed by atoms with Crippen LogP contribution in [0.4, 0.5) is 0 Å². The van der Waals surface area contributed by atoms with Crippen molar-refractivity contribution < 1.29 is 26.7 Å². The Morgan fingerprint density at radius 3 is 0.927 bits per heavy atom. The fourth-order valence-corrected chi connectivity index (χ4v) is 5.75. The maximum absolute atomic E-state index is 12.5. The lowest BCUT2D eigenvalue weighted by atomic mass is 9.99. The van der Waals surface area contributed by atoms with E-state index < -0.39 is 28.1 Å². The Hall–Kier alpha value is -0.830. The van der Waals surface area contributed by atoms with Gasteiger partial charge in [-0.25, -0.2) is 8.42 Å². The van der Waals surface area contributed by atoms with Crippen LogP contribution < -0.4 is 6.15 Å². The molecule has 0 saturated heterocycles. The summed E-state index contributed by atoms with van der Waals surface area (Å²) < 4.78 is 37.8. The molecule has 0 heterocycles. The van der Waals surface area contributed by atoms with Crippen molar-refractivity contribution in [3.8, 4) is 0 Å². The summed E-state index contributed by atoms with van der Waals surface area (Å²) in [4.78, 5) is 25.1. The highest BCUT2D eigenvalue weighted by Gasteiger charge is 2.28. The summed E-state index contributed by atoms with van der Waals surface area (Å²) in [6.45, 7) is 4.47. The van der Waals surface area contributed by atoms with Gasteiger partial charge in [-0.15, -0.1) is 0 Å². The van der Waals surface area contributed by atoms with E-state index in [4.69, 9.17) is 0 Å². The van der Waals surface area contributed by atoms with Gasteiger partial charge in [0.25, 0.3) is 0 Å². The van der Waals surface area contributed by atoms with Gasteiger partial charge in [0, 0.05) is 12.8 Å². The number of ketones is 2. The van der Waals surface area contributed by atoms with Crippen molar-refractivity contribution >= 4 is 22.0 Å². The SMILES string of the molecule is CCCCCCCCCCCCCCCC(=O)C(OS(=O)(=O)[O-])C(=O)CCCCCCCCCCCCCCC.[NH4+]. The summed E-state index contributed by atoms with van der Waals surface area (Å²) in [7, 11) is -5.12. The molecule has 0 aromatic heterocycles. The van der Waals surface area contributed by atoms with Crippen molar-refractivity contribution in [2.45, 2.75) is 200 Å². The highest BCUT2D eigenvalue weighted by atomic mass is 32.3. The Labute approximate surface area is 254 Å². The van der Waals surface area contributed by atoms with Crippen LogP contribution >= 0.6 is 0 Å². The fraction of sp³-hybridized carbons (Fsp3) is 0.939. The van der Waals surface area contributed by atoms with Crippen molar-refractivity contribution in [1.82, 2.24) is 6.15 Å². The van der Waals surface area contributed by atoms with Gasteiger partial charge in [-0.2, -0.15) is 0 Å². The first-order chi connectivity index (χ1) is 19.3. The predicted octanol–water partition coefficient (Wildman–Crippen LogP) is 10.3. The molecule has 0 spiro atoms. The highest BCUT2D eigenvalue weighted by Crippen LogP contribution is 2.17. The van der Waals surface area contributed by atoms with Gasteiger partial charge in [0.05, 0.1) is 0 Å². The minimum atomic E-state index is -5.12. The summed E-state index contributed by atoms with van der Waals surface area (Å²) in [5.41, 5.74) is 0. The van der Waals surface area contributed by atoms with Crippen molar-refractivity contribution in [3.63, 3.8) is 0 Å². The van der Waals surface area contributed by atoms with Crippen molar-refractivity contribution in [3.05, 3.63) is 0 Å². The number of hydrogen-bond donors (Lipinski definition) is 1. The van der Waals surface area contributed by atoms with Crippen LogP contribution in [0.25, 0.3) is 0 Å². The van der Waals surface area contributed by atoms with E-state index in [-0.39, 0.29) is 19.0 Å². The van der Waals surface area contributed by atoms with Gasteiger partial charge in [0.2, 0.25) is 10.4 Å². The Kier molecular flexibility index (Phi) is 31.6. The summed E-state index contributed by atoms with van der Waals surface area (Å²) in [5.74, 6) is -1.16. The molecule has 0 atom stereocenters. The first-order valence-electron chi connectivity index (χ1n) is 17.0. The third-order valence-corrected chi connectivity index (χ3v) is 8.28. The first-order valence-corrected chi connectivity index (χ1v) is 18.3. The molecule has 8 heteroatoms. The van der Waals surface area contributed by atoms with Gasteiger partial charge in [-0.05, 0) is 12.8 Å².